The summed E-state index contributed by atoms with van der Waals surface area (Å²) in [5, 5.41) is 3.76. The minimum Gasteiger partial charge on any atom is -0.378 e. The molecule has 1 N–H and O–H groups in total. The lowest BCUT2D eigenvalue weighted by Gasteiger charge is -2.28. The standard InChI is InChI=1S/C18H20BrN/c1-2-13-12-15(19)10-11-17(13)20-18-9-5-7-14-6-3-4-8-16(14)18/h3-4,6,8,10-12,18,20H,2,5,7,9H2,1H3. The van der Waals surface area contributed by atoms with E-state index in [1.165, 1.54) is 41.6 Å². The lowest BCUT2D eigenvalue weighted by Crippen LogP contribution is -2.17. The van der Waals surface area contributed by atoms with E-state index >= 15 is 0 Å². The maximum Gasteiger partial charge on any atom is 0.0516 e. The number of aryl methyl sites for hydroxylation is 2. The summed E-state index contributed by atoms with van der Waals surface area (Å²) < 4.78 is 1.16. The third-order valence-electron chi connectivity index (χ3n) is 4.15. The van der Waals surface area contributed by atoms with Gasteiger partial charge in [-0.25, -0.2) is 0 Å². The van der Waals surface area contributed by atoms with Crippen LogP contribution in [0.2, 0.25) is 0 Å². The van der Waals surface area contributed by atoms with Gasteiger partial charge in [-0.2, -0.15) is 0 Å². The zero-order valence-electron chi connectivity index (χ0n) is 11.8. The lowest BCUT2D eigenvalue weighted by atomic mass is 9.87. The molecule has 104 valence electrons. The van der Waals surface area contributed by atoms with E-state index in [-0.39, 0.29) is 0 Å². The topological polar surface area (TPSA) is 12.0 Å². The number of halogens is 1. The molecule has 0 aromatic heterocycles. The van der Waals surface area contributed by atoms with Crippen molar-refractivity contribution < 1.29 is 0 Å². The second-order valence-electron chi connectivity index (χ2n) is 5.44. The summed E-state index contributed by atoms with van der Waals surface area (Å²) in [6, 6.07) is 15.8. The van der Waals surface area contributed by atoms with Gasteiger partial charge in [0.2, 0.25) is 0 Å². The summed E-state index contributed by atoms with van der Waals surface area (Å²) in [5.74, 6) is 0. The summed E-state index contributed by atoms with van der Waals surface area (Å²) in [6.07, 6.45) is 4.76. The molecule has 0 aliphatic heterocycles. The van der Waals surface area contributed by atoms with E-state index in [0.717, 1.165) is 10.9 Å². The fourth-order valence-electron chi connectivity index (χ4n) is 3.09. The van der Waals surface area contributed by atoms with Crippen LogP contribution in [-0.4, -0.2) is 0 Å². The van der Waals surface area contributed by atoms with Crippen molar-refractivity contribution >= 4 is 21.6 Å². The summed E-state index contributed by atoms with van der Waals surface area (Å²) in [4.78, 5) is 0. The van der Waals surface area contributed by atoms with Crippen LogP contribution in [0.4, 0.5) is 5.69 Å². The molecule has 20 heavy (non-hydrogen) atoms. The summed E-state index contributed by atoms with van der Waals surface area (Å²) >= 11 is 3.56. The van der Waals surface area contributed by atoms with Crippen molar-refractivity contribution in [2.75, 3.05) is 5.32 Å². The molecule has 3 rings (SSSR count). The first-order valence-corrected chi connectivity index (χ1v) is 8.20. The average Bonchev–Trinajstić information content (AvgIpc) is 2.49. The van der Waals surface area contributed by atoms with Crippen molar-refractivity contribution in [1.29, 1.82) is 0 Å². The van der Waals surface area contributed by atoms with E-state index in [9.17, 15) is 0 Å². The smallest absolute Gasteiger partial charge is 0.0516 e. The van der Waals surface area contributed by atoms with Gasteiger partial charge in [-0.05, 0) is 60.6 Å². The third-order valence-corrected chi connectivity index (χ3v) is 4.64. The van der Waals surface area contributed by atoms with Crippen LogP contribution >= 0.6 is 15.9 Å². The monoisotopic (exact) mass is 329 g/mol. The quantitative estimate of drug-likeness (QED) is 0.783. The summed E-state index contributed by atoms with van der Waals surface area (Å²) in [6.45, 7) is 2.21. The third kappa shape index (κ3) is 2.76. The molecule has 1 unspecified atom stereocenters. The van der Waals surface area contributed by atoms with E-state index in [1.54, 1.807) is 0 Å². The van der Waals surface area contributed by atoms with Crippen LogP contribution in [0.3, 0.4) is 0 Å². The largest absolute Gasteiger partial charge is 0.378 e. The Morgan fingerprint density at radius 2 is 2.05 bits per heavy atom. The molecule has 0 fully saturated rings. The average molecular weight is 330 g/mol. The van der Waals surface area contributed by atoms with E-state index < -0.39 is 0 Å². The van der Waals surface area contributed by atoms with Crippen LogP contribution in [0.1, 0.15) is 42.5 Å². The Labute approximate surface area is 129 Å². The predicted octanol–water partition coefficient (Wildman–Crippen LogP) is 5.50. The Balaban J connectivity index is 1.89. The molecule has 0 heterocycles. The molecule has 0 saturated heterocycles. The van der Waals surface area contributed by atoms with Crippen LogP contribution in [-0.2, 0) is 12.8 Å². The molecule has 1 aliphatic rings. The normalized spacial score (nSPS) is 17.6. The number of nitrogens with one attached hydrogen (secondary N) is 1. The van der Waals surface area contributed by atoms with E-state index in [1.807, 2.05) is 0 Å². The lowest BCUT2D eigenvalue weighted by molar-refractivity contribution is 0.600. The van der Waals surface area contributed by atoms with Crippen LogP contribution < -0.4 is 5.32 Å². The first kappa shape index (κ1) is 13.7. The Morgan fingerprint density at radius 3 is 2.90 bits per heavy atom. The highest BCUT2D eigenvalue weighted by molar-refractivity contribution is 9.10. The Bertz CT molecular complexity index is 606. The maximum atomic E-state index is 3.76. The number of benzene rings is 2. The van der Waals surface area contributed by atoms with Crippen molar-refractivity contribution in [3.8, 4) is 0 Å². The maximum absolute atomic E-state index is 3.76. The highest BCUT2D eigenvalue weighted by atomic mass is 79.9. The minimum atomic E-state index is 0.450. The molecule has 0 spiro atoms. The molecule has 0 amide bonds. The van der Waals surface area contributed by atoms with Gasteiger partial charge in [-0.1, -0.05) is 47.1 Å². The van der Waals surface area contributed by atoms with Crippen LogP contribution in [0.25, 0.3) is 0 Å². The zero-order valence-corrected chi connectivity index (χ0v) is 13.4. The molecule has 0 bridgehead atoms. The zero-order chi connectivity index (χ0) is 13.9. The number of fused-ring (bicyclic) bond motifs is 1. The number of rotatable bonds is 3. The van der Waals surface area contributed by atoms with Gasteiger partial charge >= 0.3 is 0 Å². The molecular formula is C18H20BrN. The molecule has 1 atom stereocenters. The van der Waals surface area contributed by atoms with E-state index in [4.69, 9.17) is 0 Å². The fraction of sp³-hybridized carbons (Fsp3) is 0.333. The Hall–Kier alpha value is -1.28. The molecular weight excluding hydrogens is 310 g/mol. The molecule has 2 aromatic carbocycles. The van der Waals surface area contributed by atoms with E-state index in [2.05, 4.69) is 70.6 Å². The number of anilines is 1. The Kier molecular flexibility index (Phi) is 4.11. The molecule has 0 radical (unpaired) electrons. The van der Waals surface area contributed by atoms with Crippen molar-refractivity contribution in [2.24, 2.45) is 0 Å². The van der Waals surface area contributed by atoms with Crippen LogP contribution in [0.15, 0.2) is 46.9 Å². The first-order chi connectivity index (χ1) is 9.78. The van der Waals surface area contributed by atoms with Gasteiger partial charge in [0.15, 0.2) is 0 Å². The van der Waals surface area contributed by atoms with Crippen molar-refractivity contribution in [3.63, 3.8) is 0 Å². The highest BCUT2D eigenvalue weighted by Gasteiger charge is 2.20. The summed E-state index contributed by atoms with van der Waals surface area (Å²) in [7, 11) is 0. The van der Waals surface area contributed by atoms with Gasteiger partial charge < -0.3 is 5.32 Å². The fourth-order valence-corrected chi connectivity index (χ4v) is 3.50. The molecule has 2 heteroatoms. The second kappa shape index (κ2) is 6.01. The van der Waals surface area contributed by atoms with Crippen molar-refractivity contribution in [1.82, 2.24) is 0 Å². The first-order valence-electron chi connectivity index (χ1n) is 7.40. The van der Waals surface area contributed by atoms with Crippen molar-refractivity contribution in [3.05, 3.63) is 63.6 Å². The van der Waals surface area contributed by atoms with Crippen LogP contribution in [0.5, 0.6) is 0 Å². The van der Waals surface area contributed by atoms with Crippen LogP contribution in [0, 0.1) is 0 Å². The Morgan fingerprint density at radius 1 is 1.20 bits per heavy atom. The number of hydrogen-bond donors (Lipinski definition) is 1. The van der Waals surface area contributed by atoms with Gasteiger partial charge in [0.05, 0.1) is 6.04 Å². The van der Waals surface area contributed by atoms with Gasteiger partial charge in [0.1, 0.15) is 0 Å². The second-order valence-corrected chi connectivity index (χ2v) is 6.36. The predicted molar refractivity (Wildman–Crippen MR) is 89.3 cm³/mol. The number of hydrogen-bond acceptors (Lipinski definition) is 1. The molecule has 2 aromatic rings. The minimum absolute atomic E-state index is 0.450. The summed E-state index contributed by atoms with van der Waals surface area (Å²) in [5.41, 5.74) is 5.63. The molecule has 0 saturated carbocycles. The van der Waals surface area contributed by atoms with Gasteiger partial charge in [-0.15, -0.1) is 0 Å². The van der Waals surface area contributed by atoms with Gasteiger partial charge in [0, 0.05) is 10.2 Å². The van der Waals surface area contributed by atoms with Gasteiger partial charge in [-0.3, -0.25) is 0 Å². The SMILES string of the molecule is CCc1cc(Br)ccc1NC1CCCc2ccccc21. The highest BCUT2D eigenvalue weighted by Crippen LogP contribution is 2.33. The van der Waals surface area contributed by atoms with Gasteiger partial charge in [0.25, 0.3) is 0 Å². The van der Waals surface area contributed by atoms with E-state index in [0.29, 0.717) is 6.04 Å². The molecule has 1 aliphatic carbocycles. The van der Waals surface area contributed by atoms with Crippen molar-refractivity contribution in [2.45, 2.75) is 38.6 Å². The molecule has 1 nitrogen and oxygen atoms in total.